The minimum Gasteiger partial charge on any atom is -0.367 e. The number of anilines is 1. The Morgan fingerprint density at radius 3 is 2.74 bits per heavy atom. The number of carbonyl (C=O) groups is 1. The molecule has 0 radical (unpaired) electrons. The van der Waals surface area contributed by atoms with Crippen molar-refractivity contribution < 1.29 is 9.18 Å². The second kappa shape index (κ2) is 6.91. The summed E-state index contributed by atoms with van der Waals surface area (Å²) in [7, 11) is 0. The lowest BCUT2D eigenvalue weighted by molar-refractivity contribution is 0.0718. The third-order valence-corrected chi connectivity index (χ3v) is 4.04. The fraction of sp³-hybridized carbons (Fsp3) is 0.312. The Kier molecular flexibility index (Phi) is 4.71. The zero-order chi connectivity index (χ0) is 16.2. The predicted octanol–water partition coefficient (Wildman–Crippen LogP) is 2.99. The standard InChI is InChI=1S/C16H16ClFN4O/c17-12-7-11(8-13(18)9-12)16(23)22-5-2-14(3-6-22)21-15-1-4-19-10-20-15/h1,4,7-10,14H,2-3,5-6H2,(H,19,20,21). The van der Waals surface area contributed by atoms with E-state index in [-0.39, 0.29) is 22.5 Å². The number of nitrogens with one attached hydrogen (secondary N) is 1. The fourth-order valence-corrected chi connectivity index (χ4v) is 2.89. The quantitative estimate of drug-likeness (QED) is 0.937. The molecule has 7 heteroatoms. The smallest absolute Gasteiger partial charge is 0.254 e. The molecule has 5 nitrogen and oxygen atoms in total. The summed E-state index contributed by atoms with van der Waals surface area (Å²) >= 11 is 5.81. The zero-order valence-corrected chi connectivity index (χ0v) is 13.1. The molecule has 1 fully saturated rings. The molecule has 0 atom stereocenters. The van der Waals surface area contributed by atoms with E-state index in [1.54, 1.807) is 11.1 Å². The molecule has 0 bridgehead atoms. The van der Waals surface area contributed by atoms with Crippen LogP contribution in [0.5, 0.6) is 0 Å². The molecule has 3 rings (SSSR count). The topological polar surface area (TPSA) is 58.1 Å². The predicted molar refractivity (Wildman–Crippen MR) is 86.0 cm³/mol. The number of rotatable bonds is 3. The van der Waals surface area contributed by atoms with Crippen molar-refractivity contribution in [3.05, 3.63) is 53.2 Å². The second-order valence-corrected chi connectivity index (χ2v) is 5.90. The van der Waals surface area contributed by atoms with Crippen molar-refractivity contribution in [3.8, 4) is 0 Å². The van der Waals surface area contributed by atoms with Crippen molar-refractivity contribution >= 4 is 23.3 Å². The molecule has 2 heterocycles. The van der Waals surface area contributed by atoms with Crippen LogP contribution in [0.25, 0.3) is 0 Å². The summed E-state index contributed by atoms with van der Waals surface area (Å²) in [6.07, 6.45) is 4.79. The van der Waals surface area contributed by atoms with Gasteiger partial charge in [0.1, 0.15) is 18.0 Å². The maximum Gasteiger partial charge on any atom is 0.254 e. The van der Waals surface area contributed by atoms with E-state index < -0.39 is 5.82 Å². The van der Waals surface area contributed by atoms with Gasteiger partial charge < -0.3 is 10.2 Å². The van der Waals surface area contributed by atoms with Gasteiger partial charge in [-0.2, -0.15) is 0 Å². The fourth-order valence-electron chi connectivity index (χ4n) is 2.67. The number of halogens is 2. The van der Waals surface area contributed by atoms with Crippen LogP contribution in [0.1, 0.15) is 23.2 Å². The normalized spacial score (nSPS) is 15.5. The van der Waals surface area contributed by atoms with Gasteiger partial charge in [-0.1, -0.05) is 11.6 Å². The second-order valence-electron chi connectivity index (χ2n) is 5.46. The van der Waals surface area contributed by atoms with Crippen LogP contribution in [-0.2, 0) is 0 Å². The summed E-state index contributed by atoms with van der Waals surface area (Å²) in [6, 6.07) is 5.98. The van der Waals surface area contributed by atoms with Gasteiger partial charge in [0.15, 0.2) is 0 Å². The van der Waals surface area contributed by atoms with Crippen molar-refractivity contribution in [2.75, 3.05) is 18.4 Å². The minimum atomic E-state index is -0.499. The molecule has 120 valence electrons. The SMILES string of the molecule is O=C(c1cc(F)cc(Cl)c1)N1CCC(Nc2ccncn2)CC1. The Hall–Kier alpha value is -2.21. The number of carbonyl (C=O) groups excluding carboxylic acids is 1. The van der Waals surface area contributed by atoms with Crippen molar-refractivity contribution in [1.29, 1.82) is 0 Å². The van der Waals surface area contributed by atoms with E-state index in [2.05, 4.69) is 15.3 Å². The average Bonchev–Trinajstić information content (AvgIpc) is 2.55. The Labute approximate surface area is 138 Å². The van der Waals surface area contributed by atoms with Gasteiger partial charge in [-0.3, -0.25) is 4.79 Å². The average molecular weight is 335 g/mol. The number of likely N-dealkylation sites (tertiary alicyclic amines) is 1. The summed E-state index contributed by atoms with van der Waals surface area (Å²) in [5.74, 6) is 0.0924. The monoisotopic (exact) mass is 334 g/mol. The first kappa shape index (κ1) is 15.7. The lowest BCUT2D eigenvalue weighted by Crippen LogP contribution is -2.42. The van der Waals surface area contributed by atoms with E-state index in [0.29, 0.717) is 13.1 Å². The van der Waals surface area contributed by atoms with Crippen LogP contribution in [-0.4, -0.2) is 39.9 Å². The largest absolute Gasteiger partial charge is 0.367 e. The molecule has 1 saturated heterocycles. The number of hydrogen-bond acceptors (Lipinski definition) is 4. The van der Waals surface area contributed by atoms with Gasteiger partial charge in [-0.25, -0.2) is 14.4 Å². The lowest BCUT2D eigenvalue weighted by Gasteiger charge is -2.32. The van der Waals surface area contributed by atoms with Crippen LogP contribution < -0.4 is 5.32 Å². The maximum atomic E-state index is 13.4. The van der Waals surface area contributed by atoms with E-state index in [9.17, 15) is 9.18 Å². The lowest BCUT2D eigenvalue weighted by atomic mass is 10.0. The molecule has 1 aliphatic rings. The summed E-state index contributed by atoms with van der Waals surface area (Å²) in [6.45, 7) is 1.21. The van der Waals surface area contributed by atoms with Gasteiger partial charge in [0, 0.05) is 35.9 Å². The summed E-state index contributed by atoms with van der Waals surface area (Å²) in [5, 5.41) is 3.56. The Morgan fingerprint density at radius 2 is 2.09 bits per heavy atom. The summed E-state index contributed by atoms with van der Waals surface area (Å²) in [4.78, 5) is 22.2. The van der Waals surface area contributed by atoms with Crippen molar-refractivity contribution in [2.24, 2.45) is 0 Å². The highest BCUT2D eigenvalue weighted by molar-refractivity contribution is 6.31. The van der Waals surface area contributed by atoms with Crippen molar-refractivity contribution in [1.82, 2.24) is 14.9 Å². The summed E-state index contributed by atoms with van der Waals surface area (Å²) in [5.41, 5.74) is 0.289. The molecule has 0 saturated carbocycles. The van der Waals surface area contributed by atoms with Crippen LogP contribution in [0.15, 0.2) is 36.8 Å². The number of piperidine rings is 1. The molecule has 1 aromatic heterocycles. The maximum absolute atomic E-state index is 13.4. The molecule has 23 heavy (non-hydrogen) atoms. The van der Waals surface area contributed by atoms with Crippen LogP contribution in [0.4, 0.5) is 10.2 Å². The van der Waals surface area contributed by atoms with Gasteiger partial charge in [-0.15, -0.1) is 0 Å². The first-order valence-electron chi connectivity index (χ1n) is 7.40. The Bertz CT molecular complexity index is 669. The van der Waals surface area contributed by atoms with Gasteiger partial charge in [0.05, 0.1) is 0 Å². The first-order valence-corrected chi connectivity index (χ1v) is 7.77. The highest BCUT2D eigenvalue weighted by atomic mass is 35.5. The molecule has 0 unspecified atom stereocenters. The van der Waals surface area contributed by atoms with Crippen LogP contribution in [0, 0.1) is 5.82 Å². The van der Waals surface area contributed by atoms with Crippen molar-refractivity contribution in [3.63, 3.8) is 0 Å². The molecule has 0 aliphatic carbocycles. The van der Waals surface area contributed by atoms with Gasteiger partial charge >= 0.3 is 0 Å². The minimum absolute atomic E-state index is 0.188. The van der Waals surface area contributed by atoms with Gasteiger partial charge in [-0.05, 0) is 37.1 Å². The number of amides is 1. The van der Waals surface area contributed by atoms with Gasteiger partial charge in [0.2, 0.25) is 0 Å². The molecule has 1 aromatic carbocycles. The molecular weight excluding hydrogens is 319 g/mol. The van der Waals surface area contributed by atoms with E-state index in [1.807, 2.05) is 6.07 Å². The van der Waals surface area contributed by atoms with E-state index in [1.165, 1.54) is 24.5 Å². The molecule has 2 aromatic rings. The summed E-state index contributed by atoms with van der Waals surface area (Å²) < 4.78 is 13.4. The molecule has 1 amide bonds. The van der Waals surface area contributed by atoms with Crippen LogP contribution in [0.2, 0.25) is 5.02 Å². The molecular formula is C16H16ClFN4O. The third-order valence-electron chi connectivity index (χ3n) is 3.83. The number of benzene rings is 1. The Balaban J connectivity index is 1.59. The first-order chi connectivity index (χ1) is 11.1. The van der Waals surface area contributed by atoms with Crippen LogP contribution >= 0.6 is 11.6 Å². The number of aromatic nitrogens is 2. The number of nitrogens with zero attached hydrogens (tertiary/aromatic N) is 3. The highest BCUT2D eigenvalue weighted by Crippen LogP contribution is 2.19. The molecule has 1 N–H and O–H groups in total. The Morgan fingerprint density at radius 1 is 1.30 bits per heavy atom. The van der Waals surface area contributed by atoms with Crippen LogP contribution in [0.3, 0.4) is 0 Å². The highest BCUT2D eigenvalue weighted by Gasteiger charge is 2.24. The van der Waals surface area contributed by atoms with Gasteiger partial charge in [0.25, 0.3) is 5.91 Å². The molecule has 0 spiro atoms. The molecule has 1 aliphatic heterocycles. The van der Waals surface area contributed by atoms with Crippen molar-refractivity contribution in [2.45, 2.75) is 18.9 Å². The number of hydrogen-bond donors (Lipinski definition) is 1. The van der Waals surface area contributed by atoms with E-state index >= 15 is 0 Å². The van der Waals surface area contributed by atoms with E-state index in [4.69, 9.17) is 11.6 Å². The zero-order valence-electron chi connectivity index (χ0n) is 12.4. The third kappa shape index (κ3) is 3.96. The van der Waals surface area contributed by atoms with E-state index in [0.717, 1.165) is 18.7 Å².